The lowest BCUT2D eigenvalue weighted by Gasteiger charge is -2.25. The molecule has 0 radical (unpaired) electrons. The highest BCUT2D eigenvalue weighted by Gasteiger charge is 2.31. The van der Waals surface area contributed by atoms with Crippen molar-refractivity contribution in [1.29, 1.82) is 0 Å². The van der Waals surface area contributed by atoms with E-state index < -0.39 is 5.92 Å². The molecule has 2 rings (SSSR count). The molecule has 5 nitrogen and oxygen atoms in total. The largest absolute Gasteiger partial charge is 0.493 e. The maximum atomic E-state index is 12.2. The Morgan fingerprint density at radius 1 is 1.19 bits per heavy atom. The van der Waals surface area contributed by atoms with Crippen molar-refractivity contribution in [2.45, 2.75) is 32.1 Å². The Hall–Kier alpha value is -2.04. The molecule has 1 atom stereocenters. The van der Waals surface area contributed by atoms with Crippen molar-refractivity contribution in [1.82, 2.24) is 0 Å². The molecule has 0 N–H and O–H groups in total. The number of rotatable bonds is 5. The Bertz CT molecular complexity index is 550. The fourth-order valence-electron chi connectivity index (χ4n) is 2.69. The first-order chi connectivity index (χ1) is 10.1. The first kappa shape index (κ1) is 15.4. The molecule has 114 valence electrons. The number of ketones is 1. The molecule has 0 aliphatic heterocycles. The highest BCUT2D eigenvalue weighted by Crippen LogP contribution is 2.39. The van der Waals surface area contributed by atoms with Gasteiger partial charge < -0.3 is 14.2 Å². The third-order valence-corrected chi connectivity index (χ3v) is 3.73. The molecule has 1 aliphatic rings. The summed E-state index contributed by atoms with van der Waals surface area (Å²) in [5.74, 6) is 0.481. The van der Waals surface area contributed by atoms with E-state index in [4.69, 9.17) is 14.2 Å². The van der Waals surface area contributed by atoms with E-state index in [9.17, 15) is 9.59 Å². The molecule has 1 aliphatic carbocycles. The zero-order valence-corrected chi connectivity index (χ0v) is 12.6. The van der Waals surface area contributed by atoms with Crippen LogP contribution in [-0.4, -0.2) is 32.6 Å². The number of esters is 1. The molecule has 1 aromatic carbocycles. The van der Waals surface area contributed by atoms with E-state index in [1.54, 1.807) is 27.2 Å². The van der Waals surface area contributed by atoms with Crippen LogP contribution in [0.5, 0.6) is 11.5 Å². The standard InChI is InChI=1S/C16H20O5/c1-4-21-16(18)9-12-11-8-15(20-3)14(19-2)7-10(11)5-6-13(12)17/h7-8,12H,4-6,9H2,1-3H3/t12-/m0/s1. The highest BCUT2D eigenvalue weighted by molar-refractivity contribution is 5.92. The molecule has 0 heterocycles. The fourth-order valence-corrected chi connectivity index (χ4v) is 2.69. The van der Waals surface area contributed by atoms with Gasteiger partial charge in [-0.1, -0.05) is 0 Å². The summed E-state index contributed by atoms with van der Waals surface area (Å²) < 4.78 is 15.5. The molecular formula is C16H20O5. The zero-order chi connectivity index (χ0) is 15.4. The molecule has 0 aromatic heterocycles. The first-order valence-electron chi connectivity index (χ1n) is 7.03. The lowest BCUT2D eigenvalue weighted by atomic mass is 9.80. The van der Waals surface area contributed by atoms with Gasteiger partial charge >= 0.3 is 5.97 Å². The fraction of sp³-hybridized carbons (Fsp3) is 0.500. The monoisotopic (exact) mass is 292 g/mol. The predicted molar refractivity (Wildman–Crippen MR) is 76.9 cm³/mol. The van der Waals surface area contributed by atoms with Crippen LogP contribution in [0, 0.1) is 0 Å². The summed E-state index contributed by atoms with van der Waals surface area (Å²) >= 11 is 0. The number of Topliss-reactive ketones (excluding diaryl/α,β-unsaturated/α-hetero) is 1. The molecule has 0 fully saturated rings. The van der Waals surface area contributed by atoms with E-state index in [-0.39, 0.29) is 18.2 Å². The molecular weight excluding hydrogens is 272 g/mol. The van der Waals surface area contributed by atoms with Crippen LogP contribution in [0.2, 0.25) is 0 Å². The van der Waals surface area contributed by atoms with Crippen LogP contribution in [0.4, 0.5) is 0 Å². The van der Waals surface area contributed by atoms with Gasteiger partial charge in [0.15, 0.2) is 11.5 Å². The van der Waals surface area contributed by atoms with Gasteiger partial charge in [0, 0.05) is 6.42 Å². The number of fused-ring (bicyclic) bond motifs is 1. The van der Waals surface area contributed by atoms with E-state index >= 15 is 0 Å². The predicted octanol–water partition coefficient (Wildman–Crippen LogP) is 2.26. The Morgan fingerprint density at radius 3 is 2.48 bits per heavy atom. The molecule has 0 bridgehead atoms. The number of benzene rings is 1. The number of carbonyl (C=O) groups excluding carboxylic acids is 2. The maximum absolute atomic E-state index is 12.2. The van der Waals surface area contributed by atoms with Gasteiger partial charge in [-0.05, 0) is 36.6 Å². The van der Waals surface area contributed by atoms with Gasteiger partial charge in [-0.3, -0.25) is 9.59 Å². The van der Waals surface area contributed by atoms with E-state index in [2.05, 4.69) is 0 Å². The quantitative estimate of drug-likeness (QED) is 0.779. The van der Waals surface area contributed by atoms with Crippen molar-refractivity contribution in [2.75, 3.05) is 20.8 Å². The van der Waals surface area contributed by atoms with Crippen LogP contribution in [0.1, 0.15) is 36.8 Å². The van der Waals surface area contributed by atoms with Gasteiger partial charge in [0.2, 0.25) is 0 Å². The van der Waals surface area contributed by atoms with Crippen molar-refractivity contribution in [3.63, 3.8) is 0 Å². The summed E-state index contributed by atoms with van der Waals surface area (Å²) in [6.45, 7) is 2.07. The van der Waals surface area contributed by atoms with Crippen LogP contribution in [0.25, 0.3) is 0 Å². The highest BCUT2D eigenvalue weighted by atomic mass is 16.5. The number of hydrogen-bond donors (Lipinski definition) is 0. The van der Waals surface area contributed by atoms with E-state index in [1.165, 1.54) is 0 Å². The molecule has 0 spiro atoms. The van der Waals surface area contributed by atoms with Crippen molar-refractivity contribution in [3.05, 3.63) is 23.3 Å². The van der Waals surface area contributed by atoms with Gasteiger partial charge in [-0.25, -0.2) is 0 Å². The molecule has 21 heavy (non-hydrogen) atoms. The summed E-state index contributed by atoms with van der Waals surface area (Å²) in [5.41, 5.74) is 1.87. The summed E-state index contributed by atoms with van der Waals surface area (Å²) in [6.07, 6.45) is 1.18. The smallest absolute Gasteiger partial charge is 0.306 e. The molecule has 0 amide bonds. The van der Waals surface area contributed by atoms with Crippen molar-refractivity contribution in [3.8, 4) is 11.5 Å². The second-order valence-electron chi connectivity index (χ2n) is 4.93. The number of carbonyl (C=O) groups is 2. The number of ether oxygens (including phenoxy) is 3. The minimum absolute atomic E-state index is 0.0720. The Balaban J connectivity index is 2.37. The second kappa shape index (κ2) is 6.61. The van der Waals surface area contributed by atoms with Crippen molar-refractivity contribution < 1.29 is 23.8 Å². The Labute approximate surface area is 124 Å². The van der Waals surface area contributed by atoms with E-state index in [1.807, 2.05) is 6.07 Å². The zero-order valence-electron chi connectivity index (χ0n) is 12.6. The van der Waals surface area contributed by atoms with Crippen LogP contribution in [0.15, 0.2) is 12.1 Å². The summed E-state index contributed by atoms with van der Waals surface area (Å²) in [5, 5.41) is 0. The van der Waals surface area contributed by atoms with E-state index in [0.717, 1.165) is 11.1 Å². The van der Waals surface area contributed by atoms with Crippen LogP contribution >= 0.6 is 0 Å². The minimum Gasteiger partial charge on any atom is -0.493 e. The Kier molecular flexibility index (Phi) is 4.83. The second-order valence-corrected chi connectivity index (χ2v) is 4.93. The van der Waals surface area contributed by atoms with Crippen LogP contribution in [0.3, 0.4) is 0 Å². The summed E-state index contributed by atoms with van der Waals surface area (Å²) in [6, 6.07) is 3.69. The SMILES string of the molecule is CCOC(=O)C[C@@H]1C(=O)CCc2cc(OC)c(OC)cc21. The number of hydrogen-bond acceptors (Lipinski definition) is 5. The lowest BCUT2D eigenvalue weighted by molar-refractivity contribution is -0.145. The topological polar surface area (TPSA) is 61.8 Å². The molecule has 0 saturated carbocycles. The number of aryl methyl sites for hydroxylation is 1. The average molecular weight is 292 g/mol. The van der Waals surface area contributed by atoms with Gasteiger partial charge in [-0.15, -0.1) is 0 Å². The Morgan fingerprint density at radius 2 is 1.86 bits per heavy atom. The number of methoxy groups -OCH3 is 2. The van der Waals surface area contributed by atoms with Gasteiger partial charge in [0.1, 0.15) is 5.78 Å². The van der Waals surface area contributed by atoms with Crippen molar-refractivity contribution in [2.24, 2.45) is 0 Å². The summed E-state index contributed by atoms with van der Waals surface area (Å²) in [4.78, 5) is 23.9. The van der Waals surface area contributed by atoms with Crippen molar-refractivity contribution >= 4 is 11.8 Å². The first-order valence-corrected chi connectivity index (χ1v) is 7.03. The van der Waals surface area contributed by atoms with Gasteiger partial charge in [0.25, 0.3) is 0 Å². The normalized spacial score (nSPS) is 17.1. The lowest BCUT2D eigenvalue weighted by Crippen LogP contribution is -2.24. The molecule has 0 saturated heterocycles. The van der Waals surface area contributed by atoms with Gasteiger partial charge in [0.05, 0.1) is 33.2 Å². The molecule has 5 heteroatoms. The summed E-state index contributed by atoms with van der Waals surface area (Å²) in [7, 11) is 3.13. The third kappa shape index (κ3) is 3.17. The van der Waals surface area contributed by atoms with Crippen LogP contribution in [-0.2, 0) is 20.7 Å². The van der Waals surface area contributed by atoms with Gasteiger partial charge in [-0.2, -0.15) is 0 Å². The van der Waals surface area contributed by atoms with E-state index in [0.29, 0.717) is 30.9 Å². The van der Waals surface area contributed by atoms with Crippen LogP contribution < -0.4 is 9.47 Å². The molecule has 0 unspecified atom stereocenters. The third-order valence-electron chi connectivity index (χ3n) is 3.73. The average Bonchev–Trinajstić information content (AvgIpc) is 2.49. The maximum Gasteiger partial charge on any atom is 0.306 e. The minimum atomic E-state index is -0.451. The molecule has 1 aromatic rings.